The standard InChI is InChI=1S/C15H13/c1-10-7-13-9-12-5-3-4-6-14(12)15(13)8-11(10)2/h3-6,8H,9H2,1-2H3. The fraction of sp³-hybridized carbons (Fsp3) is 0.200. The average Bonchev–Trinajstić information content (AvgIpc) is 2.57. The summed E-state index contributed by atoms with van der Waals surface area (Å²) in [6.07, 6.45) is 1.05. The largest absolute Gasteiger partial charge is 0.0619 e. The summed E-state index contributed by atoms with van der Waals surface area (Å²) in [4.78, 5) is 0. The van der Waals surface area contributed by atoms with Crippen LogP contribution in [0.25, 0.3) is 11.1 Å². The van der Waals surface area contributed by atoms with Crippen molar-refractivity contribution in [2.45, 2.75) is 20.3 Å². The van der Waals surface area contributed by atoms with Gasteiger partial charge in [0.05, 0.1) is 0 Å². The van der Waals surface area contributed by atoms with Crippen LogP contribution in [0.4, 0.5) is 0 Å². The lowest BCUT2D eigenvalue weighted by molar-refractivity contribution is 1.22. The van der Waals surface area contributed by atoms with Gasteiger partial charge in [-0.25, -0.2) is 0 Å². The molecule has 0 spiro atoms. The zero-order chi connectivity index (χ0) is 10.4. The third-order valence-electron chi connectivity index (χ3n) is 3.29. The van der Waals surface area contributed by atoms with Gasteiger partial charge in [0, 0.05) is 0 Å². The van der Waals surface area contributed by atoms with E-state index in [2.05, 4.69) is 50.2 Å². The van der Waals surface area contributed by atoms with Crippen LogP contribution in [-0.2, 0) is 6.42 Å². The highest BCUT2D eigenvalue weighted by Crippen LogP contribution is 2.37. The van der Waals surface area contributed by atoms with Crippen molar-refractivity contribution in [2.75, 3.05) is 0 Å². The number of fused-ring (bicyclic) bond motifs is 3. The molecule has 1 radical (unpaired) electrons. The second-order valence-corrected chi connectivity index (χ2v) is 4.30. The number of benzene rings is 2. The van der Waals surface area contributed by atoms with E-state index >= 15 is 0 Å². The molecule has 0 aliphatic heterocycles. The van der Waals surface area contributed by atoms with Crippen LogP contribution in [0.2, 0.25) is 0 Å². The summed E-state index contributed by atoms with van der Waals surface area (Å²) in [6.45, 7) is 4.30. The van der Waals surface area contributed by atoms with Crippen molar-refractivity contribution in [1.29, 1.82) is 0 Å². The van der Waals surface area contributed by atoms with Crippen molar-refractivity contribution >= 4 is 0 Å². The van der Waals surface area contributed by atoms with E-state index in [1.165, 1.54) is 33.4 Å². The minimum atomic E-state index is 1.05. The summed E-state index contributed by atoms with van der Waals surface area (Å²) in [7, 11) is 0. The van der Waals surface area contributed by atoms with Gasteiger partial charge in [0.1, 0.15) is 0 Å². The van der Waals surface area contributed by atoms with Gasteiger partial charge in [0.2, 0.25) is 0 Å². The van der Waals surface area contributed by atoms with Crippen LogP contribution in [0.3, 0.4) is 0 Å². The molecule has 0 saturated carbocycles. The molecule has 1 aliphatic rings. The molecule has 0 nitrogen and oxygen atoms in total. The second kappa shape index (κ2) is 2.96. The maximum Gasteiger partial charge on any atom is -0.000718 e. The molecular weight excluding hydrogens is 180 g/mol. The molecule has 2 aromatic carbocycles. The molecule has 3 rings (SSSR count). The van der Waals surface area contributed by atoms with Crippen molar-refractivity contribution in [1.82, 2.24) is 0 Å². The van der Waals surface area contributed by atoms with Gasteiger partial charge in [0.15, 0.2) is 0 Å². The first-order valence-corrected chi connectivity index (χ1v) is 5.36. The number of hydrogen-bond acceptors (Lipinski definition) is 0. The molecule has 0 atom stereocenters. The molecule has 0 saturated heterocycles. The summed E-state index contributed by atoms with van der Waals surface area (Å²) in [5.41, 5.74) is 8.20. The number of hydrogen-bond donors (Lipinski definition) is 0. The van der Waals surface area contributed by atoms with Crippen molar-refractivity contribution in [3.05, 3.63) is 58.7 Å². The maximum atomic E-state index is 3.50. The molecule has 0 heteroatoms. The molecule has 0 bridgehead atoms. The Labute approximate surface area is 90.6 Å². The zero-order valence-electron chi connectivity index (χ0n) is 9.09. The Hall–Kier alpha value is -1.56. The Bertz CT molecular complexity index is 536. The lowest BCUT2D eigenvalue weighted by atomic mass is 10.00. The van der Waals surface area contributed by atoms with Crippen LogP contribution in [0.1, 0.15) is 22.3 Å². The molecule has 73 valence electrons. The molecule has 2 aromatic rings. The molecule has 0 heterocycles. The molecule has 15 heavy (non-hydrogen) atoms. The highest BCUT2D eigenvalue weighted by atomic mass is 14.2. The van der Waals surface area contributed by atoms with Crippen LogP contribution in [0.15, 0.2) is 30.3 Å². The van der Waals surface area contributed by atoms with E-state index in [-0.39, 0.29) is 0 Å². The SMILES string of the molecule is Cc1[c]c2c(cc1C)-c1ccccc1C2. The summed E-state index contributed by atoms with van der Waals surface area (Å²) >= 11 is 0. The van der Waals surface area contributed by atoms with Crippen LogP contribution in [0, 0.1) is 19.9 Å². The van der Waals surface area contributed by atoms with E-state index < -0.39 is 0 Å². The summed E-state index contributed by atoms with van der Waals surface area (Å²) < 4.78 is 0. The first-order valence-electron chi connectivity index (χ1n) is 5.36. The monoisotopic (exact) mass is 193 g/mol. The summed E-state index contributed by atoms with van der Waals surface area (Å²) in [5, 5.41) is 0. The fourth-order valence-electron chi connectivity index (χ4n) is 2.31. The van der Waals surface area contributed by atoms with Crippen LogP contribution >= 0.6 is 0 Å². The van der Waals surface area contributed by atoms with Gasteiger partial charge in [-0.15, -0.1) is 0 Å². The number of rotatable bonds is 0. The third-order valence-corrected chi connectivity index (χ3v) is 3.29. The topological polar surface area (TPSA) is 0 Å². The van der Waals surface area contributed by atoms with Crippen molar-refractivity contribution in [2.24, 2.45) is 0 Å². The van der Waals surface area contributed by atoms with Crippen LogP contribution in [0.5, 0.6) is 0 Å². The first kappa shape index (κ1) is 8.72. The smallest absolute Gasteiger partial charge is 0.000718 e. The molecule has 0 aromatic heterocycles. The first-order chi connectivity index (χ1) is 7.25. The molecule has 0 amide bonds. The third kappa shape index (κ3) is 1.21. The maximum absolute atomic E-state index is 3.50. The number of aryl methyl sites for hydroxylation is 2. The normalized spacial score (nSPS) is 12.4. The van der Waals surface area contributed by atoms with Gasteiger partial charge < -0.3 is 0 Å². The lowest BCUT2D eigenvalue weighted by Gasteiger charge is -2.04. The predicted molar refractivity (Wildman–Crippen MR) is 63.0 cm³/mol. The van der Waals surface area contributed by atoms with Gasteiger partial charge in [0.25, 0.3) is 0 Å². The minimum Gasteiger partial charge on any atom is -0.0619 e. The average molecular weight is 193 g/mol. The van der Waals surface area contributed by atoms with E-state index in [1.807, 2.05) is 0 Å². The Morgan fingerprint density at radius 3 is 2.73 bits per heavy atom. The van der Waals surface area contributed by atoms with Crippen molar-refractivity contribution in [3.8, 4) is 11.1 Å². The van der Waals surface area contributed by atoms with Crippen molar-refractivity contribution in [3.63, 3.8) is 0 Å². The van der Waals surface area contributed by atoms with E-state index in [1.54, 1.807) is 0 Å². The summed E-state index contributed by atoms with van der Waals surface area (Å²) in [5.74, 6) is 0. The van der Waals surface area contributed by atoms with Gasteiger partial charge in [-0.2, -0.15) is 0 Å². The van der Waals surface area contributed by atoms with Gasteiger partial charge in [-0.05, 0) is 59.7 Å². The Kier molecular flexibility index (Phi) is 1.72. The Balaban J connectivity index is 2.29. The summed E-state index contributed by atoms with van der Waals surface area (Å²) in [6, 6.07) is 14.5. The Morgan fingerprint density at radius 2 is 1.87 bits per heavy atom. The van der Waals surface area contributed by atoms with E-state index in [0.717, 1.165) is 6.42 Å². The highest BCUT2D eigenvalue weighted by Gasteiger charge is 2.18. The molecule has 0 N–H and O–H groups in total. The van der Waals surface area contributed by atoms with Crippen LogP contribution in [-0.4, -0.2) is 0 Å². The minimum absolute atomic E-state index is 1.05. The van der Waals surface area contributed by atoms with Gasteiger partial charge >= 0.3 is 0 Å². The van der Waals surface area contributed by atoms with E-state index in [9.17, 15) is 0 Å². The van der Waals surface area contributed by atoms with E-state index in [4.69, 9.17) is 0 Å². The lowest BCUT2D eigenvalue weighted by Crippen LogP contribution is -1.86. The highest BCUT2D eigenvalue weighted by molar-refractivity contribution is 5.77. The second-order valence-electron chi connectivity index (χ2n) is 4.30. The van der Waals surface area contributed by atoms with Gasteiger partial charge in [-0.1, -0.05) is 30.3 Å². The molecule has 0 fully saturated rings. The quantitative estimate of drug-likeness (QED) is 0.511. The molecule has 0 unspecified atom stereocenters. The van der Waals surface area contributed by atoms with E-state index in [0.29, 0.717) is 0 Å². The predicted octanol–water partition coefficient (Wildman–Crippen LogP) is 3.67. The zero-order valence-corrected chi connectivity index (χ0v) is 9.09. The fourth-order valence-corrected chi connectivity index (χ4v) is 2.31. The van der Waals surface area contributed by atoms with Crippen LogP contribution < -0.4 is 0 Å². The van der Waals surface area contributed by atoms with Crippen molar-refractivity contribution < 1.29 is 0 Å². The molecule has 1 aliphatic carbocycles. The Morgan fingerprint density at radius 1 is 1.07 bits per heavy atom. The molecular formula is C15H13. The van der Waals surface area contributed by atoms with Gasteiger partial charge in [-0.3, -0.25) is 0 Å².